The van der Waals surface area contributed by atoms with Gasteiger partial charge in [0, 0.05) is 25.2 Å². The summed E-state index contributed by atoms with van der Waals surface area (Å²) in [6.07, 6.45) is -4.40. The summed E-state index contributed by atoms with van der Waals surface area (Å²) in [5.41, 5.74) is -0.0176. The lowest BCUT2D eigenvalue weighted by atomic mass is 10.0. The zero-order valence-electron chi connectivity index (χ0n) is 14.6. The van der Waals surface area contributed by atoms with Crippen molar-refractivity contribution in [2.45, 2.75) is 25.2 Å². The van der Waals surface area contributed by atoms with E-state index in [0.717, 1.165) is 19.2 Å². The van der Waals surface area contributed by atoms with Crippen molar-refractivity contribution in [2.75, 3.05) is 31.1 Å². The molecule has 27 heavy (non-hydrogen) atoms. The Kier molecular flexibility index (Phi) is 4.43. The van der Waals surface area contributed by atoms with Gasteiger partial charge in [-0.25, -0.2) is 0 Å². The van der Waals surface area contributed by atoms with Gasteiger partial charge in [0.1, 0.15) is 5.75 Å². The predicted molar refractivity (Wildman–Crippen MR) is 92.6 cm³/mol. The standard InChI is InChI=1S/C18H19F3N4O2/c1-10-6-11(18(19,20)21)7-14(26)17(10)12-2-3-16(24-23-12)25-4-5-27-15-9-22-8-13(15)25/h2-3,6-7,13,15,22,26H,4-5,8-9H2,1H3. The number of benzene rings is 1. The highest BCUT2D eigenvalue weighted by atomic mass is 19.4. The van der Waals surface area contributed by atoms with E-state index in [2.05, 4.69) is 20.4 Å². The summed E-state index contributed by atoms with van der Waals surface area (Å²) in [4.78, 5) is 2.13. The topological polar surface area (TPSA) is 70.5 Å². The van der Waals surface area contributed by atoms with E-state index in [-0.39, 0.29) is 23.3 Å². The quantitative estimate of drug-likeness (QED) is 0.834. The zero-order valence-corrected chi connectivity index (χ0v) is 14.6. The number of ether oxygens (including phenoxy) is 1. The maximum absolute atomic E-state index is 12.9. The first-order chi connectivity index (χ1) is 12.8. The first kappa shape index (κ1) is 18.0. The van der Waals surface area contributed by atoms with Crippen molar-refractivity contribution >= 4 is 5.82 Å². The minimum absolute atomic E-state index is 0.112. The minimum Gasteiger partial charge on any atom is -0.507 e. The van der Waals surface area contributed by atoms with Gasteiger partial charge >= 0.3 is 6.18 Å². The monoisotopic (exact) mass is 380 g/mol. The molecule has 2 atom stereocenters. The number of anilines is 1. The summed E-state index contributed by atoms with van der Waals surface area (Å²) < 4.78 is 44.4. The van der Waals surface area contributed by atoms with Crippen molar-refractivity contribution in [3.05, 3.63) is 35.4 Å². The molecule has 2 aliphatic heterocycles. The van der Waals surface area contributed by atoms with Gasteiger partial charge in [-0.05, 0) is 36.8 Å². The van der Waals surface area contributed by atoms with Crippen LogP contribution in [-0.4, -0.2) is 53.7 Å². The van der Waals surface area contributed by atoms with Gasteiger partial charge in [0.05, 0.1) is 30.0 Å². The third-order valence-corrected chi connectivity index (χ3v) is 5.04. The highest BCUT2D eigenvalue weighted by Crippen LogP contribution is 2.38. The molecule has 2 saturated heterocycles. The molecule has 2 N–H and O–H groups in total. The van der Waals surface area contributed by atoms with Crippen LogP contribution in [0.3, 0.4) is 0 Å². The number of nitrogens with zero attached hydrogens (tertiary/aromatic N) is 3. The molecule has 0 radical (unpaired) electrons. The fourth-order valence-corrected chi connectivity index (χ4v) is 3.75. The first-order valence-corrected chi connectivity index (χ1v) is 8.68. The van der Waals surface area contributed by atoms with Gasteiger partial charge in [-0.2, -0.15) is 13.2 Å². The predicted octanol–water partition coefficient (Wildman–Crippen LogP) is 2.35. The molecule has 2 unspecified atom stereocenters. The second kappa shape index (κ2) is 6.65. The normalized spacial score (nSPS) is 22.7. The van der Waals surface area contributed by atoms with Crippen LogP contribution in [0.2, 0.25) is 0 Å². The van der Waals surface area contributed by atoms with Gasteiger partial charge in [0.15, 0.2) is 5.82 Å². The van der Waals surface area contributed by atoms with Gasteiger partial charge in [-0.15, -0.1) is 10.2 Å². The summed E-state index contributed by atoms with van der Waals surface area (Å²) in [6, 6.07) is 5.35. The van der Waals surface area contributed by atoms with Crippen molar-refractivity contribution in [1.82, 2.24) is 15.5 Å². The molecular formula is C18H19F3N4O2. The molecule has 0 aliphatic carbocycles. The van der Waals surface area contributed by atoms with Crippen LogP contribution in [-0.2, 0) is 10.9 Å². The van der Waals surface area contributed by atoms with Crippen molar-refractivity contribution < 1.29 is 23.0 Å². The van der Waals surface area contributed by atoms with Gasteiger partial charge in [0.2, 0.25) is 0 Å². The van der Waals surface area contributed by atoms with E-state index in [1.54, 1.807) is 12.1 Å². The van der Waals surface area contributed by atoms with Crippen LogP contribution in [0.1, 0.15) is 11.1 Å². The highest BCUT2D eigenvalue weighted by Gasteiger charge is 2.37. The van der Waals surface area contributed by atoms with Gasteiger partial charge in [0.25, 0.3) is 0 Å². The van der Waals surface area contributed by atoms with Crippen LogP contribution < -0.4 is 10.2 Å². The van der Waals surface area contributed by atoms with E-state index in [4.69, 9.17) is 4.74 Å². The van der Waals surface area contributed by atoms with Crippen LogP contribution >= 0.6 is 0 Å². The largest absolute Gasteiger partial charge is 0.507 e. The second-order valence-electron chi connectivity index (χ2n) is 6.79. The Labute approximate surface area is 154 Å². The molecule has 2 aliphatic rings. The Bertz CT molecular complexity index is 818. The molecule has 1 aromatic heterocycles. The number of aryl methyl sites for hydroxylation is 1. The number of phenols is 1. The SMILES string of the molecule is Cc1cc(C(F)(F)F)cc(O)c1-c1ccc(N2CCOC3CNCC32)nn1. The molecule has 6 nitrogen and oxygen atoms in total. The summed E-state index contributed by atoms with van der Waals surface area (Å²) in [5.74, 6) is 0.223. The number of hydrogen-bond acceptors (Lipinski definition) is 6. The number of alkyl halides is 3. The number of phenolic OH excluding ortho intramolecular Hbond substituents is 1. The number of nitrogens with one attached hydrogen (secondary N) is 1. The van der Waals surface area contributed by atoms with Crippen LogP contribution in [0, 0.1) is 6.92 Å². The molecule has 2 fully saturated rings. The number of morpholine rings is 1. The van der Waals surface area contributed by atoms with E-state index < -0.39 is 17.5 Å². The van der Waals surface area contributed by atoms with Crippen LogP contribution in [0.5, 0.6) is 5.75 Å². The number of halogens is 3. The van der Waals surface area contributed by atoms with E-state index in [9.17, 15) is 18.3 Å². The number of hydrogen-bond donors (Lipinski definition) is 2. The Morgan fingerprint density at radius 2 is 2.04 bits per heavy atom. The number of aromatic nitrogens is 2. The first-order valence-electron chi connectivity index (χ1n) is 8.68. The number of fused-ring (bicyclic) bond motifs is 1. The Morgan fingerprint density at radius 1 is 1.22 bits per heavy atom. The number of aromatic hydroxyl groups is 1. The van der Waals surface area contributed by atoms with Crippen LogP contribution in [0.25, 0.3) is 11.3 Å². The fourth-order valence-electron chi connectivity index (χ4n) is 3.75. The summed E-state index contributed by atoms with van der Waals surface area (Å²) >= 11 is 0. The molecule has 1 aromatic carbocycles. The molecule has 0 saturated carbocycles. The molecule has 3 heterocycles. The minimum atomic E-state index is -4.52. The molecule has 0 bridgehead atoms. The third kappa shape index (κ3) is 3.32. The average molecular weight is 380 g/mol. The smallest absolute Gasteiger partial charge is 0.416 e. The number of rotatable bonds is 2. The lowest BCUT2D eigenvalue weighted by Gasteiger charge is -2.37. The maximum Gasteiger partial charge on any atom is 0.416 e. The molecule has 9 heteroatoms. The van der Waals surface area contributed by atoms with E-state index in [0.29, 0.717) is 30.7 Å². The Balaban J connectivity index is 1.63. The van der Waals surface area contributed by atoms with Gasteiger partial charge in [-0.1, -0.05) is 0 Å². The second-order valence-corrected chi connectivity index (χ2v) is 6.79. The van der Waals surface area contributed by atoms with Crippen molar-refractivity contribution in [3.63, 3.8) is 0 Å². The fraction of sp³-hybridized carbons (Fsp3) is 0.444. The lowest BCUT2D eigenvalue weighted by Crippen LogP contribution is -2.51. The van der Waals surface area contributed by atoms with Crippen molar-refractivity contribution in [2.24, 2.45) is 0 Å². The Morgan fingerprint density at radius 3 is 2.70 bits per heavy atom. The van der Waals surface area contributed by atoms with E-state index in [1.165, 1.54) is 6.92 Å². The summed E-state index contributed by atoms with van der Waals surface area (Å²) in [5, 5.41) is 21.8. The van der Waals surface area contributed by atoms with Gasteiger partial charge < -0.3 is 20.1 Å². The van der Waals surface area contributed by atoms with E-state index >= 15 is 0 Å². The zero-order chi connectivity index (χ0) is 19.2. The summed E-state index contributed by atoms with van der Waals surface area (Å²) in [7, 11) is 0. The Hall–Kier alpha value is -2.39. The van der Waals surface area contributed by atoms with Gasteiger partial charge in [-0.3, -0.25) is 0 Å². The average Bonchev–Trinajstić information content (AvgIpc) is 3.10. The molecule has 4 rings (SSSR count). The van der Waals surface area contributed by atoms with E-state index in [1.807, 2.05) is 0 Å². The van der Waals surface area contributed by atoms with Crippen LogP contribution in [0.4, 0.5) is 19.0 Å². The highest BCUT2D eigenvalue weighted by molar-refractivity contribution is 5.71. The lowest BCUT2D eigenvalue weighted by molar-refractivity contribution is -0.137. The molecule has 0 spiro atoms. The molecular weight excluding hydrogens is 361 g/mol. The van der Waals surface area contributed by atoms with Crippen LogP contribution in [0.15, 0.2) is 24.3 Å². The van der Waals surface area contributed by atoms with Crippen molar-refractivity contribution in [3.8, 4) is 17.0 Å². The molecule has 2 aromatic rings. The summed E-state index contributed by atoms with van der Waals surface area (Å²) in [6.45, 7) is 4.40. The third-order valence-electron chi connectivity index (χ3n) is 5.04. The molecule has 0 amide bonds. The maximum atomic E-state index is 12.9. The molecule has 144 valence electrons. The van der Waals surface area contributed by atoms with Crippen molar-refractivity contribution in [1.29, 1.82) is 0 Å².